The van der Waals surface area contributed by atoms with E-state index in [-0.39, 0.29) is 0 Å². The first-order valence-corrected chi connectivity index (χ1v) is 4.97. The number of H-pyrrole nitrogens is 1. The highest BCUT2D eigenvalue weighted by Gasteiger charge is 2.06. The van der Waals surface area contributed by atoms with Gasteiger partial charge in [-0.3, -0.25) is 0 Å². The highest BCUT2D eigenvalue weighted by Crippen LogP contribution is 2.16. The van der Waals surface area contributed by atoms with Gasteiger partial charge in [-0.25, -0.2) is 4.98 Å². The van der Waals surface area contributed by atoms with Gasteiger partial charge in [0.05, 0.1) is 11.0 Å². The van der Waals surface area contributed by atoms with Gasteiger partial charge < -0.3 is 9.88 Å². The molecule has 0 fully saturated rings. The zero-order valence-electron chi connectivity index (χ0n) is 9.12. The number of para-hydroxylation sites is 2. The third-order valence-electron chi connectivity index (χ3n) is 2.25. The molecule has 0 radical (unpaired) electrons. The van der Waals surface area contributed by atoms with E-state index in [4.69, 9.17) is 0 Å². The Morgan fingerprint density at radius 3 is 2.87 bits per heavy atom. The number of benzene rings is 1. The molecule has 1 aromatic heterocycles. The molecule has 15 heavy (non-hydrogen) atoms. The molecule has 0 aliphatic rings. The van der Waals surface area contributed by atoms with Crippen molar-refractivity contribution in [2.24, 2.45) is 0 Å². The van der Waals surface area contributed by atoms with Gasteiger partial charge in [0.1, 0.15) is 0 Å². The Balaban J connectivity index is 2.32. The minimum absolute atomic E-state index is 0.819. The summed E-state index contributed by atoms with van der Waals surface area (Å²) in [4.78, 5) is 9.83. The molecule has 2 aromatic rings. The number of imidazole rings is 1. The van der Waals surface area contributed by atoms with Gasteiger partial charge >= 0.3 is 0 Å². The molecule has 1 heterocycles. The Labute approximate surface area is 89.4 Å². The normalized spacial score (nSPS) is 10.5. The molecular formula is C12H15N3. The van der Waals surface area contributed by atoms with Crippen LogP contribution in [0.4, 0.5) is 5.95 Å². The lowest BCUT2D eigenvalue weighted by Gasteiger charge is -2.15. The SMILES string of the molecule is C=C(C)CN(C)c1nc2ccccc2[nH]1. The van der Waals surface area contributed by atoms with Crippen molar-refractivity contribution in [2.45, 2.75) is 6.92 Å². The second kappa shape index (κ2) is 3.77. The Morgan fingerprint density at radius 2 is 2.20 bits per heavy atom. The number of aromatic amines is 1. The van der Waals surface area contributed by atoms with Crippen LogP contribution in [-0.2, 0) is 0 Å². The fraction of sp³-hybridized carbons (Fsp3) is 0.250. The maximum Gasteiger partial charge on any atom is 0.203 e. The van der Waals surface area contributed by atoms with E-state index in [1.165, 1.54) is 0 Å². The molecule has 1 aromatic carbocycles. The summed E-state index contributed by atoms with van der Waals surface area (Å²) in [6, 6.07) is 8.03. The topological polar surface area (TPSA) is 31.9 Å². The van der Waals surface area contributed by atoms with Gasteiger partial charge in [-0.05, 0) is 19.1 Å². The molecule has 0 atom stereocenters. The van der Waals surface area contributed by atoms with Crippen LogP contribution in [0.2, 0.25) is 0 Å². The molecule has 1 N–H and O–H groups in total. The quantitative estimate of drug-likeness (QED) is 0.774. The van der Waals surface area contributed by atoms with E-state index in [9.17, 15) is 0 Å². The van der Waals surface area contributed by atoms with Gasteiger partial charge in [-0.2, -0.15) is 0 Å². The Bertz CT molecular complexity index is 451. The van der Waals surface area contributed by atoms with Crippen LogP contribution in [0, 0.1) is 0 Å². The minimum atomic E-state index is 0.819. The third kappa shape index (κ3) is 2.01. The Morgan fingerprint density at radius 1 is 1.47 bits per heavy atom. The molecule has 78 valence electrons. The van der Waals surface area contributed by atoms with E-state index in [1.54, 1.807) is 0 Å². The number of nitrogens with one attached hydrogen (secondary N) is 1. The molecule has 2 rings (SSSR count). The summed E-state index contributed by atoms with van der Waals surface area (Å²) in [5.41, 5.74) is 3.19. The number of rotatable bonds is 3. The van der Waals surface area contributed by atoms with Gasteiger partial charge in [0.25, 0.3) is 0 Å². The first kappa shape index (κ1) is 9.77. The van der Waals surface area contributed by atoms with Crippen molar-refractivity contribution in [3.05, 3.63) is 36.4 Å². The molecule has 0 aliphatic carbocycles. The second-order valence-electron chi connectivity index (χ2n) is 3.89. The minimum Gasteiger partial charge on any atom is -0.341 e. The van der Waals surface area contributed by atoms with Gasteiger partial charge in [0, 0.05) is 13.6 Å². The molecule has 0 saturated heterocycles. The average molecular weight is 201 g/mol. The van der Waals surface area contributed by atoms with Crippen molar-refractivity contribution < 1.29 is 0 Å². The maximum atomic E-state index is 4.49. The predicted molar refractivity (Wildman–Crippen MR) is 64.2 cm³/mol. The zero-order valence-corrected chi connectivity index (χ0v) is 9.12. The van der Waals surface area contributed by atoms with Crippen molar-refractivity contribution in [3.8, 4) is 0 Å². The number of hydrogen-bond acceptors (Lipinski definition) is 2. The number of likely N-dealkylation sites (N-methyl/N-ethyl adjacent to an activating group) is 1. The summed E-state index contributed by atoms with van der Waals surface area (Å²) in [7, 11) is 2.01. The fourth-order valence-electron chi connectivity index (χ4n) is 1.60. The fourth-order valence-corrected chi connectivity index (χ4v) is 1.60. The lowest BCUT2D eigenvalue weighted by molar-refractivity contribution is 0.939. The highest BCUT2D eigenvalue weighted by atomic mass is 15.2. The van der Waals surface area contributed by atoms with Gasteiger partial charge in [0.2, 0.25) is 5.95 Å². The molecule has 3 heteroatoms. The molecule has 0 bridgehead atoms. The van der Waals surface area contributed by atoms with Crippen LogP contribution >= 0.6 is 0 Å². The summed E-state index contributed by atoms with van der Waals surface area (Å²) in [6.45, 7) is 6.72. The summed E-state index contributed by atoms with van der Waals surface area (Å²) in [6.07, 6.45) is 0. The summed E-state index contributed by atoms with van der Waals surface area (Å²) in [5, 5.41) is 0. The van der Waals surface area contributed by atoms with Crippen LogP contribution in [0.25, 0.3) is 11.0 Å². The molecule has 0 aliphatic heterocycles. The summed E-state index contributed by atoms with van der Waals surface area (Å²) in [5.74, 6) is 0.888. The maximum absolute atomic E-state index is 4.49. The van der Waals surface area contributed by atoms with E-state index >= 15 is 0 Å². The van der Waals surface area contributed by atoms with E-state index < -0.39 is 0 Å². The lowest BCUT2D eigenvalue weighted by atomic mass is 10.3. The van der Waals surface area contributed by atoms with Crippen molar-refractivity contribution in [1.29, 1.82) is 0 Å². The van der Waals surface area contributed by atoms with E-state index in [0.29, 0.717) is 0 Å². The molecule has 0 amide bonds. The number of fused-ring (bicyclic) bond motifs is 1. The first-order chi connectivity index (χ1) is 7.16. The Kier molecular flexibility index (Phi) is 2.46. The van der Waals surface area contributed by atoms with Gasteiger partial charge in [0.15, 0.2) is 0 Å². The van der Waals surface area contributed by atoms with Crippen molar-refractivity contribution >= 4 is 17.0 Å². The number of aromatic nitrogens is 2. The van der Waals surface area contributed by atoms with Crippen LogP contribution in [-0.4, -0.2) is 23.6 Å². The van der Waals surface area contributed by atoms with Crippen LogP contribution < -0.4 is 4.90 Å². The van der Waals surface area contributed by atoms with Crippen LogP contribution in [0.1, 0.15) is 6.92 Å². The van der Waals surface area contributed by atoms with Crippen molar-refractivity contribution in [2.75, 3.05) is 18.5 Å². The monoisotopic (exact) mass is 201 g/mol. The molecule has 0 unspecified atom stereocenters. The molecule has 0 spiro atoms. The van der Waals surface area contributed by atoms with E-state index in [2.05, 4.69) is 21.4 Å². The van der Waals surface area contributed by atoms with Crippen molar-refractivity contribution in [3.63, 3.8) is 0 Å². The highest BCUT2D eigenvalue weighted by molar-refractivity contribution is 5.77. The van der Waals surface area contributed by atoms with E-state index in [1.807, 2.05) is 38.2 Å². The summed E-state index contributed by atoms with van der Waals surface area (Å²) >= 11 is 0. The predicted octanol–water partition coefficient (Wildman–Crippen LogP) is 2.58. The number of hydrogen-bond donors (Lipinski definition) is 1. The van der Waals surface area contributed by atoms with E-state index in [0.717, 1.165) is 29.1 Å². The molecular weight excluding hydrogens is 186 g/mol. The average Bonchev–Trinajstić information content (AvgIpc) is 2.59. The lowest BCUT2D eigenvalue weighted by Crippen LogP contribution is -2.20. The van der Waals surface area contributed by atoms with Crippen molar-refractivity contribution in [1.82, 2.24) is 9.97 Å². The molecule has 3 nitrogen and oxygen atoms in total. The van der Waals surface area contributed by atoms with Gasteiger partial charge in [-0.1, -0.05) is 24.3 Å². The van der Waals surface area contributed by atoms with Crippen LogP contribution in [0.3, 0.4) is 0 Å². The molecule has 0 saturated carbocycles. The standard InChI is InChI=1S/C12H15N3/c1-9(2)8-15(3)12-13-10-6-4-5-7-11(10)14-12/h4-7H,1,8H2,2-3H3,(H,13,14). The second-order valence-corrected chi connectivity index (χ2v) is 3.89. The number of anilines is 1. The summed E-state index contributed by atoms with van der Waals surface area (Å²) < 4.78 is 0. The van der Waals surface area contributed by atoms with Crippen LogP contribution in [0.15, 0.2) is 36.4 Å². The zero-order chi connectivity index (χ0) is 10.8. The smallest absolute Gasteiger partial charge is 0.203 e. The van der Waals surface area contributed by atoms with Gasteiger partial charge in [-0.15, -0.1) is 0 Å². The largest absolute Gasteiger partial charge is 0.341 e. The third-order valence-corrected chi connectivity index (χ3v) is 2.25. The first-order valence-electron chi connectivity index (χ1n) is 4.97. The Hall–Kier alpha value is -1.77. The van der Waals surface area contributed by atoms with Crippen LogP contribution in [0.5, 0.6) is 0 Å². The number of nitrogens with zero attached hydrogens (tertiary/aromatic N) is 2.